The van der Waals surface area contributed by atoms with Crippen LogP contribution in [0.15, 0.2) is 0 Å². The van der Waals surface area contributed by atoms with Gasteiger partial charge in [0.05, 0.1) is 12.0 Å². The zero-order valence-electron chi connectivity index (χ0n) is 13.3. The van der Waals surface area contributed by atoms with Crippen LogP contribution in [-0.2, 0) is 14.3 Å². The van der Waals surface area contributed by atoms with Crippen LogP contribution in [0.3, 0.4) is 0 Å². The van der Waals surface area contributed by atoms with Gasteiger partial charge in [-0.15, -0.1) is 11.8 Å². The molecule has 0 N–H and O–H groups in total. The molecule has 0 aliphatic heterocycles. The molecule has 0 aliphatic carbocycles. The first kappa shape index (κ1) is 18.7. The van der Waals surface area contributed by atoms with Gasteiger partial charge in [0.1, 0.15) is 11.6 Å². The summed E-state index contributed by atoms with van der Waals surface area (Å²) in [6.07, 6.45) is 2.26. The average Bonchev–Trinajstić information content (AvgIpc) is 2.22. The standard InChI is InChI=1S/C15H28O3S/c1-14(2,3)12(16)8-11(18-10-19-7)9-13(17)15(4,5)6/h11H,8-10H2,1-7H3. The molecule has 0 saturated heterocycles. The zero-order chi connectivity index (χ0) is 15.3. The summed E-state index contributed by atoms with van der Waals surface area (Å²) in [7, 11) is 0. The molecule has 0 heterocycles. The number of thioether (sulfide) groups is 1. The Bertz CT molecular complexity index is 282. The van der Waals surface area contributed by atoms with E-state index in [0.717, 1.165) is 0 Å². The molecule has 3 nitrogen and oxygen atoms in total. The Kier molecular flexibility index (Phi) is 7.30. The van der Waals surface area contributed by atoms with Crippen molar-refractivity contribution in [2.24, 2.45) is 10.8 Å². The van der Waals surface area contributed by atoms with Gasteiger partial charge < -0.3 is 4.74 Å². The second-order valence-corrected chi connectivity index (χ2v) is 7.76. The summed E-state index contributed by atoms with van der Waals surface area (Å²) in [6, 6.07) is 0. The number of Topliss-reactive ketones (excluding diaryl/α,β-unsaturated/α-hetero) is 2. The van der Waals surface area contributed by atoms with E-state index in [1.54, 1.807) is 11.8 Å². The summed E-state index contributed by atoms with van der Waals surface area (Å²) >= 11 is 1.55. The van der Waals surface area contributed by atoms with E-state index in [-0.39, 0.29) is 28.5 Å². The smallest absolute Gasteiger partial charge is 0.140 e. The average molecular weight is 288 g/mol. The highest BCUT2D eigenvalue weighted by atomic mass is 32.2. The van der Waals surface area contributed by atoms with Gasteiger partial charge in [-0.05, 0) is 6.26 Å². The molecule has 0 bridgehead atoms. The van der Waals surface area contributed by atoms with Gasteiger partial charge in [-0.3, -0.25) is 9.59 Å². The molecule has 0 aromatic carbocycles. The van der Waals surface area contributed by atoms with Gasteiger partial charge in [0.15, 0.2) is 0 Å². The van der Waals surface area contributed by atoms with Crippen LogP contribution in [0.1, 0.15) is 54.4 Å². The summed E-state index contributed by atoms with van der Waals surface area (Å²) < 4.78 is 5.64. The predicted octanol–water partition coefficient (Wildman–Crippen LogP) is 3.70. The van der Waals surface area contributed by atoms with Gasteiger partial charge in [0.2, 0.25) is 0 Å². The Morgan fingerprint density at radius 1 is 0.947 bits per heavy atom. The van der Waals surface area contributed by atoms with E-state index in [1.165, 1.54) is 0 Å². The van der Waals surface area contributed by atoms with Crippen molar-refractivity contribution >= 4 is 23.3 Å². The summed E-state index contributed by atoms with van der Waals surface area (Å²) in [5.74, 6) is 0.792. The second kappa shape index (κ2) is 7.44. The van der Waals surface area contributed by atoms with E-state index in [0.29, 0.717) is 18.8 Å². The number of ketones is 2. The molecule has 0 radical (unpaired) electrons. The number of hydrogen-bond donors (Lipinski definition) is 0. The molecule has 0 saturated carbocycles. The molecule has 0 aromatic rings. The molecule has 112 valence electrons. The SMILES string of the molecule is CSCOC(CC(=O)C(C)(C)C)CC(=O)C(C)(C)C. The van der Waals surface area contributed by atoms with Gasteiger partial charge in [0, 0.05) is 23.7 Å². The number of carbonyl (C=O) groups is 2. The third-order valence-electron chi connectivity index (χ3n) is 2.92. The fourth-order valence-corrected chi connectivity index (χ4v) is 1.71. The van der Waals surface area contributed by atoms with Gasteiger partial charge in [0.25, 0.3) is 0 Å². The summed E-state index contributed by atoms with van der Waals surface area (Å²) in [5, 5.41) is 0. The van der Waals surface area contributed by atoms with Crippen molar-refractivity contribution in [2.75, 3.05) is 12.2 Å². The van der Waals surface area contributed by atoms with Crippen molar-refractivity contribution in [3.8, 4) is 0 Å². The lowest BCUT2D eigenvalue weighted by Crippen LogP contribution is -2.31. The minimum atomic E-state index is -0.383. The fourth-order valence-electron chi connectivity index (χ4n) is 1.38. The van der Waals surface area contributed by atoms with Crippen molar-refractivity contribution < 1.29 is 14.3 Å². The van der Waals surface area contributed by atoms with Crippen LogP contribution in [0.25, 0.3) is 0 Å². The molecule has 19 heavy (non-hydrogen) atoms. The van der Waals surface area contributed by atoms with E-state index < -0.39 is 0 Å². The highest BCUT2D eigenvalue weighted by molar-refractivity contribution is 7.98. The van der Waals surface area contributed by atoms with Gasteiger partial charge >= 0.3 is 0 Å². The maximum absolute atomic E-state index is 12.1. The van der Waals surface area contributed by atoms with E-state index >= 15 is 0 Å². The Balaban J connectivity index is 4.65. The van der Waals surface area contributed by atoms with E-state index in [1.807, 2.05) is 47.8 Å². The third-order valence-corrected chi connectivity index (χ3v) is 3.29. The van der Waals surface area contributed by atoms with Crippen molar-refractivity contribution in [1.82, 2.24) is 0 Å². The number of carbonyl (C=O) groups excluding carboxylic acids is 2. The first-order valence-electron chi connectivity index (χ1n) is 6.65. The molecule has 0 fully saturated rings. The normalized spacial score (nSPS) is 12.8. The Morgan fingerprint density at radius 3 is 1.58 bits per heavy atom. The van der Waals surface area contributed by atoms with Crippen molar-refractivity contribution in [3.63, 3.8) is 0 Å². The van der Waals surface area contributed by atoms with Crippen LogP contribution in [0.4, 0.5) is 0 Å². The summed E-state index contributed by atoms with van der Waals surface area (Å²) in [5.41, 5.74) is -0.766. The van der Waals surface area contributed by atoms with Crippen LogP contribution in [0.5, 0.6) is 0 Å². The van der Waals surface area contributed by atoms with Crippen LogP contribution >= 0.6 is 11.8 Å². The van der Waals surface area contributed by atoms with Crippen LogP contribution < -0.4 is 0 Å². The number of rotatable bonds is 7. The predicted molar refractivity (Wildman–Crippen MR) is 81.4 cm³/mol. The monoisotopic (exact) mass is 288 g/mol. The second-order valence-electron chi connectivity index (χ2n) is 6.95. The molecule has 0 atom stereocenters. The largest absolute Gasteiger partial charge is 0.367 e. The third kappa shape index (κ3) is 7.73. The summed E-state index contributed by atoms with van der Waals surface area (Å²) in [4.78, 5) is 24.1. The Hall–Kier alpha value is -0.350. The molecule has 0 amide bonds. The Labute approximate surface area is 121 Å². The molecule has 0 spiro atoms. The highest BCUT2D eigenvalue weighted by Crippen LogP contribution is 2.24. The van der Waals surface area contributed by atoms with Crippen molar-refractivity contribution in [2.45, 2.75) is 60.5 Å². The quantitative estimate of drug-likeness (QED) is 0.670. The van der Waals surface area contributed by atoms with Crippen LogP contribution in [0, 0.1) is 10.8 Å². The first-order chi connectivity index (χ1) is 8.48. The number of hydrogen-bond acceptors (Lipinski definition) is 4. The molecule has 0 unspecified atom stereocenters. The lowest BCUT2D eigenvalue weighted by molar-refractivity contribution is -0.132. The highest BCUT2D eigenvalue weighted by Gasteiger charge is 2.29. The van der Waals surface area contributed by atoms with E-state index in [9.17, 15) is 9.59 Å². The molecule has 0 aliphatic rings. The summed E-state index contributed by atoms with van der Waals surface area (Å²) in [6.45, 7) is 11.4. The minimum Gasteiger partial charge on any atom is -0.367 e. The minimum absolute atomic E-state index is 0.139. The van der Waals surface area contributed by atoms with Gasteiger partial charge in [-0.2, -0.15) is 0 Å². The molecular weight excluding hydrogens is 260 g/mol. The maximum atomic E-state index is 12.1. The van der Waals surface area contributed by atoms with Crippen molar-refractivity contribution in [3.05, 3.63) is 0 Å². The fraction of sp³-hybridized carbons (Fsp3) is 0.867. The topological polar surface area (TPSA) is 43.4 Å². The van der Waals surface area contributed by atoms with Gasteiger partial charge in [-0.25, -0.2) is 0 Å². The Morgan fingerprint density at radius 2 is 1.32 bits per heavy atom. The van der Waals surface area contributed by atoms with Crippen molar-refractivity contribution in [1.29, 1.82) is 0 Å². The molecular formula is C15H28O3S. The number of ether oxygens (including phenoxy) is 1. The maximum Gasteiger partial charge on any atom is 0.140 e. The van der Waals surface area contributed by atoms with Crippen LogP contribution in [-0.4, -0.2) is 29.9 Å². The lowest BCUT2D eigenvalue weighted by Gasteiger charge is -2.24. The first-order valence-corrected chi connectivity index (χ1v) is 8.05. The molecule has 0 rings (SSSR count). The zero-order valence-corrected chi connectivity index (χ0v) is 14.1. The van der Waals surface area contributed by atoms with E-state index in [2.05, 4.69) is 0 Å². The van der Waals surface area contributed by atoms with E-state index in [4.69, 9.17) is 4.74 Å². The van der Waals surface area contributed by atoms with Crippen LogP contribution in [0.2, 0.25) is 0 Å². The lowest BCUT2D eigenvalue weighted by atomic mass is 9.83. The van der Waals surface area contributed by atoms with Gasteiger partial charge in [-0.1, -0.05) is 41.5 Å². The molecule has 4 heteroatoms. The molecule has 0 aromatic heterocycles.